The number of nitrogens with one attached hydrogen (secondary N) is 2. The van der Waals surface area contributed by atoms with Crippen LogP contribution in [0.5, 0.6) is 0 Å². The number of nitrogens with zero attached hydrogens (tertiary/aromatic N) is 2. The summed E-state index contributed by atoms with van der Waals surface area (Å²) in [5, 5.41) is 5.82. The molecular weight excluding hydrogens is 435 g/mol. The predicted molar refractivity (Wildman–Crippen MR) is 130 cm³/mol. The molecule has 34 heavy (non-hydrogen) atoms. The maximum absolute atomic E-state index is 14.8. The quantitative estimate of drug-likeness (QED) is 0.696. The summed E-state index contributed by atoms with van der Waals surface area (Å²) in [6.45, 7) is 6.55. The Balaban J connectivity index is 1.24. The van der Waals surface area contributed by atoms with Gasteiger partial charge in [0.2, 0.25) is 5.91 Å². The number of para-hydroxylation sites is 1. The van der Waals surface area contributed by atoms with Crippen molar-refractivity contribution in [3.8, 4) is 0 Å². The van der Waals surface area contributed by atoms with E-state index in [0.717, 1.165) is 5.69 Å². The van der Waals surface area contributed by atoms with E-state index >= 15 is 0 Å². The monoisotopic (exact) mass is 468 g/mol. The van der Waals surface area contributed by atoms with Crippen LogP contribution in [-0.4, -0.2) is 55.2 Å². The number of likely N-dealkylation sites (tertiary alicyclic amines) is 1. The molecule has 0 bridgehead atoms. The van der Waals surface area contributed by atoms with E-state index in [2.05, 4.69) is 10.6 Å². The van der Waals surface area contributed by atoms with Gasteiger partial charge in [0.15, 0.2) is 0 Å². The highest BCUT2D eigenvalue weighted by atomic mass is 19.1. The summed E-state index contributed by atoms with van der Waals surface area (Å²) in [6, 6.07) is 14.3. The van der Waals surface area contributed by atoms with E-state index in [-0.39, 0.29) is 42.4 Å². The molecule has 3 amide bonds. The fraction of sp³-hybridized carbons (Fsp3) is 0.462. The Kier molecular flexibility index (Phi) is 7.67. The van der Waals surface area contributed by atoms with Gasteiger partial charge in [0.05, 0.1) is 17.9 Å². The molecule has 2 unspecified atom stereocenters. The van der Waals surface area contributed by atoms with E-state index in [1.165, 1.54) is 6.07 Å². The first-order chi connectivity index (χ1) is 16.4. The SMILES string of the molecule is CC1CN(c2ccc(CNC(=O)N3CCC(C(=O)Nc4ccccc4)CC3)cc2F)CC(C)O1. The van der Waals surface area contributed by atoms with Gasteiger partial charge in [-0.1, -0.05) is 24.3 Å². The van der Waals surface area contributed by atoms with Crippen LogP contribution in [0.4, 0.5) is 20.6 Å². The van der Waals surface area contributed by atoms with Crippen LogP contribution >= 0.6 is 0 Å². The van der Waals surface area contributed by atoms with Crippen molar-refractivity contribution in [3.05, 3.63) is 59.9 Å². The number of anilines is 2. The van der Waals surface area contributed by atoms with Crippen molar-refractivity contribution in [2.24, 2.45) is 5.92 Å². The zero-order valence-electron chi connectivity index (χ0n) is 19.8. The van der Waals surface area contributed by atoms with E-state index in [0.29, 0.717) is 50.3 Å². The predicted octanol–water partition coefficient (Wildman–Crippen LogP) is 4.00. The van der Waals surface area contributed by atoms with Gasteiger partial charge in [-0.25, -0.2) is 9.18 Å². The Hall–Kier alpha value is -3.13. The van der Waals surface area contributed by atoms with Gasteiger partial charge in [-0.2, -0.15) is 0 Å². The second-order valence-electron chi connectivity index (χ2n) is 9.22. The molecule has 0 saturated carbocycles. The highest BCUT2D eigenvalue weighted by Gasteiger charge is 2.28. The lowest BCUT2D eigenvalue weighted by atomic mass is 9.96. The van der Waals surface area contributed by atoms with Crippen LogP contribution in [0.2, 0.25) is 0 Å². The number of ether oxygens (including phenoxy) is 1. The molecular formula is C26H33FN4O3. The summed E-state index contributed by atoms with van der Waals surface area (Å²) in [5.41, 5.74) is 2.05. The molecule has 2 N–H and O–H groups in total. The highest BCUT2D eigenvalue weighted by Crippen LogP contribution is 2.25. The zero-order chi connectivity index (χ0) is 24.1. The number of hydrogen-bond acceptors (Lipinski definition) is 4. The Morgan fingerprint density at radius 3 is 2.35 bits per heavy atom. The topological polar surface area (TPSA) is 73.9 Å². The van der Waals surface area contributed by atoms with E-state index in [1.807, 2.05) is 55.1 Å². The van der Waals surface area contributed by atoms with Crippen LogP contribution < -0.4 is 15.5 Å². The van der Waals surface area contributed by atoms with Crippen molar-refractivity contribution in [2.75, 3.05) is 36.4 Å². The van der Waals surface area contributed by atoms with Gasteiger partial charge in [0, 0.05) is 44.3 Å². The first-order valence-electron chi connectivity index (χ1n) is 12.0. The van der Waals surface area contributed by atoms with Gasteiger partial charge in [-0.15, -0.1) is 0 Å². The second kappa shape index (κ2) is 10.9. The van der Waals surface area contributed by atoms with Crippen molar-refractivity contribution in [1.82, 2.24) is 10.2 Å². The van der Waals surface area contributed by atoms with Crippen LogP contribution in [0.3, 0.4) is 0 Å². The van der Waals surface area contributed by atoms with Gasteiger partial charge < -0.3 is 25.2 Å². The van der Waals surface area contributed by atoms with Gasteiger partial charge in [0.25, 0.3) is 0 Å². The summed E-state index contributed by atoms with van der Waals surface area (Å²) < 4.78 is 20.5. The molecule has 7 nitrogen and oxygen atoms in total. The maximum Gasteiger partial charge on any atom is 0.317 e. The van der Waals surface area contributed by atoms with E-state index < -0.39 is 0 Å². The summed E-state index contributed by atoms with van der Waals surface area (Å²) in [4.78, 5) is 28.8. The average Bonchev–Trinajstić information content (AvgIpc) is 2.82. The molecule has 2 fully saturated rings. The molecule has 182 valence electrons. The van der Waals surface area contributed by atoms with Crippen molar-refractivity contribution < 1.29 is 18.7 Å². The third-order valence-electron chi connectivity index (χ3n) is 6.41. The summed E-state index contributed by atoms with van der Waals surface area (Å²) in [7, 11) is 0. The highest BCUT2D eigenvalue weighted by molar-refractivity contribution is 5.92. The molecule has 0 radical (unpaired) electrons. The third kappa shape index (κ3) is 6.05. The fourth-order valence-electron chi connectivity index (χ4n) is 4.69. The molecule has 2 atom stereocenters. The number of carbonyl (C=O) groups is 2. The largest absolute Gasteiger partial charge is 0.372 e. The van der Waals surface area contributed by atoms with Crippen molar-refractivity contribution in [1.29, 1.82) is 0 Å². The van der Waals surface area contributed by atoms with Crippen molar-refractivity contribution in [3.63, 3.8) is 0 Å². The van der Waals surface area contributed by atoms with Crippen LogP contribution in [0, 0.1) is 11.7 Å². The van der Waals surface area contributed by atoms with E-state index in [1.54, 1.807) is 11.0 Å². The number of piperidine rings is 1. The molecule has 2 saturated heterocycles. The van der Waals surface area contributed by atoms with Crippen LogP contribution in [0.25, 0.3) is 0 Å². The van der Waals surface area contributed by atoms with Crippen LogP contribution in [0.1, 0.15) is 32.3 Å². The molecule has 2 aliphatic heterocycles. The van der Waals surface area contributed by atoms with E-state index in [9.17, 15) is 14.0 Å². The molecule has 2 aromatic carbocycles. The summed E-state index contributed by atoms with van der Waals surface area (Å²) >= 11 is 0. The van der Waals surface area contributed by atoms with Crippen molar-refractivity contribution >= 4 is 23.3 Å². The number of hydrogen-bond donors (Lipinski definition) is 2. The number of rotatable bonds is 5. The Labute approximate surface area is 200 Å². The van der Waals surface area contributed by atoms with Gasteiger partial charge >= 0.3 is 6.03 Å². The van der Waals surface area contributed by atoms with Crippen molar-refractivity contribution in [2.45, 2.75) is 45.4 Å². The minimum Gasteiger partial charge on any atom is -0.372 e. The lowest BCUT2D eigenvalue weighted by Gasteiger charge is -2.37. The standard InChI is InChI=1S/C26H33FN4O3/c1-18-16-31(17-19(2)34-18)24-9-8-20(14-23(24)27)15-28-26(33)30-12-10-21(11-13-30)25(32)29-22-6-4-3-5-7-22/h3-9,14,18-19,21H,10-13,15-17H2,1-2H3,(H,28,33)(H,29,32). The lowest BCUT2D eigenvalue weighted by molar-refractivity contribution is -0.121. The molecule has 2 aliphatic rings. The number of morpholine rings is 1. The molecule has 4 rings (SSSR count). The number of urea groups is 1. The smallest absolute Gasteiger partial charge is 0.317 e. The summed E-state index contributed by atoms with van der Waals surface area (Å²) in [5.74, 6) is -0.416. The maximum atomic E-state index is 14.8. The molecule has 0 aliphatic carbocycles. The second-order valence-corrected chi connectivity index (χ2v) is 9.22. The number of carbonyl (C=O) groups excluding carboxylic acids is 2. The normalized spacial score (nSPS) is 21.3. The van der Waals surface area contributed by atoms with Crippen LogP contribution in [0.15, 0.2) is 48.5 Å². The fourth-order valence-corrected chi connectivity index (χ4v) is 4.69. The third-order valence-corrected chi connectivity index (χ3v) is 6.41. The number of benzene rings is 2. The average molecular weight is 469 g/mol. The van der Waals surface area contributed by atoms with Crippen LogP contribution in [-0.2, 0) is 16.1 Å². The minimum atomic E-state index is -0.293. The molecule has 2 aromatic rings. The molecule has 0 spiro atoms. The zero-order valence-corrected chi connectivity index (χ0v) is 19.8. The molecule has 8 heteroatoms. The number of halogens is 1. The van der Waals surface area contributed by atoms with E-state index in [4.69, 9.17) is 4.74 Å². The van der Waals surface area contributed by atoms with Gasteiger partial charge in [-0.05, 0) is 56.5 Å². The first-order valence-corrected chi connectivity index (χ1v) is 12.0. The number of amides is 3. The Morgan fingerprint density at radius 2 is 1.71 bits per heavy atom. The summed E-state index contributed by atoms with van der Waals surface area (Å²) in [6.07, 6.45) is 1.34. The first kappa shape index (κ1) is 24.0. The lowest BCUT2D eigenvalue weighted by Crippen LogP contribution is -2.46. The Morgan fingerprint density at radius 1 is 1.03 bits per heavy atom. The Bertz CT molecular complexity index is 985. The minimum absolute atomic E-state index is 0.00845. The molecule has 0 aromatic heterocycles. The molecule has 2 heterocycles. The van der Waals surface area contributed by atoms with Gasteiger partial charge in [0.1, 0.15) is 5.82 Å². The van der Waals surface area contributed by atoms with Gasteiger partial charge in [-0.3, -0.25) is 4.79 Å².